The van der Waals surface area contributed by atoms with E-state index >= 15 is 0 Å². The number of likely N-dealkylation sites (tertiary alicyclic amines) is 1. The van der Waals surface area contributed by atoms with Crippen LogP contribution in [0.3, 0.4) is 0 Å². The van der Waals surface area contributed by atoms with Crippen LogP contribution in [0.1, 0.15) is 65.7 Å². The molecule has 1 saturated carbocycles. The van der Waals surface area contributed by atoms with Gasteiger partial charge < -0.3 is 9.80 Å². The first-order valence-electron chi connectivity index (χ1n) is 10.7. The van der Waals surface area contributed by atoms with Gasteiger partial charge in [-0.1, -0.05) is 62.0 Å². The van der Waals surface area contributed by atoms with Crippen LogP contribution in [-0.2, 0) is 9.59 Å². The van der Waals surface area contributed by atoms with Crippen LogP contribution in [0, 0.1) is 11.3 Å². The first-order chi connectivity index (χ1) is 13.3. The lowest BCUT2D eigenvalue weighted by Gasteiger charge is -2.40. The van der Waals surface area contributed by atoms with Crippen molar-refractivity contribution in [3.63, 3.8) is 0 Å². The number of anilines is 1. The fourth-order valence-electron chi connectivity index (χ4n) is 4.48. The molecule has 1 saturated heterocycles. The molecule has 1 aromatic rings. The molecule has 28 heavy (non-hydrogen) atoms. The smallest absolute Gasteiger partial charge is 0.230 e. The monoisotopic (exact) mass is 448 g/mol. The Morgan fingerprint density at radius 3 is 2.25 bits per heavy atom. The first-order valence-corrected chi connectivity index (χ1v) is 11.4. The van der Waals surface area contributed by atoms with Gasteiger partial charge >= 0.3 is 0 Å². The lowest BCUT2D eigenvalue weighted by molar-refractivity contribution is -0.142. The predicted octanol–water partition coefficient (Wildman–Crippen LogP) is 5.40. The van der Waals surface area contributed by atoms with E-state index in [9.17, 15) is 9.59 Å². The van der Waals surface area contributed by atoms with Crippen LogP contribution in [-0.4, -0.2) is 35.8 Å². The number of carbonyl (C=O) groups is 2. The highest BCUT2D eigenvalue weighted by Gasteiger charge is 2.36. The van der Waals surface area contributed by atoms with E-state index in [4.69, 9.17) is 0 Å². The SMILES string of the molecule is CC(C)(C)C(=O)N1CCC(C(=O)N(c2cccc(Br)c2)C2CCCCC2)CC1. The van der Waals surface area contributed by atoms with Gasteiger partial charge in [-0.25, -0.2) is 0 Å². The van der Waals surface area contributed by atoms with Crippen LogP contribution in [0.25, 0.3) is 0 Å². The summed E-state index contributed by atoms with van der Waals surface area (Å²) in [5.41, 5.74) is 0.640. The Morgan fingerprint density at radius 1 is 1.04 bits per heavy atom. The van der Waals surface area contributed by atoms with Gasteiger partial charge in [0.2, 0.25) is 11.8 Å². The highest BCUT2D eigenvalue weighted by molar-refractivity contribution is 9.10. The third-order valence-electron chi connectivity index (χ3n) is 6.04. The highest BCUT2D eigenvalue weighted by atomic mass is 79.9. The summed E-state index contributed by atoms with van der Waals surface area (Å²) in [4.78, 5) is 30.2. The van der Waals surface area contributed by atoms with Crippen LogP contribution in [0.2, 0.25) is 0 Å². The number of rotatable bonds is 3. The van der Waals surface area contributed by atoms with E-state index in [1.165, 1.54) is 19.3 Å². The number of nitrogens with zero attached hydrogens (tertiary/aromatic N) is 2. The Kier molecular flexibility index (Phi) is 6.85. The highest BCUT2D eigenvalue weighted by Crippen LogP contribution is 2.33. The van der Waals surface area contributed by atoms with Gasteiger partial charge in [-0.2, -0.15) is 0 Å². The van der Waals surface area contributed by atoms with Gasteiger partial charge in [-0.15, -0.1) is 0 Å². The van der Waals surface area contributed by atoms with Crippen molar-refractivity contribution >= 4 is 33.4 Å². The zero-order valence-electron chi connectivity index (χ0n) is 17.4. The van der Waals surface area contributed by atoms with E-state index in [1.54, 1.807) is 0 Å². The zero-order chi connectivity index (χ0) is 20.3. The molecule has 0 atom stereocenters. The molecule has 0 bridgehead atoms. The third kappa shape index (κ3) is 4.97. The fourth-order valence-corrected chi connectivity index (χ4v) is 4.87. The van der Waals surface area contributed by atoms with Crippen molar-refractivity contribution in [1.29, 1.82) is 0 Å². The molecule has 1 heterocycles. The second-order valence-electron chi connectivity index (χ2n) is 9.30. The molecule has 3 rings (SSSR count). The van der Waals surface area contributed by atoms with Crippen molar-refractivity contribution < 1.29 is 9.59 Å². The summed E-state index contributed by atoms with van der Waals surface area (Å²) in [7, 11) is 0. The molecule has 154 valence electrons. The van der Waals surface area contributed by atoms with E-state index in [0.29, 0.717) is 19.1 Å². The number of benzene rings is 1. The minimum absolute atomic E-state index is 0.00456. The van der Waals surface area contributed by atoms with E-state index in [-0.39, 0.29) is 23.1 Å². The molecular formula is C23H33BrN2O2. The summed E-state index contributed by atoms with van der Waals surface area (Å²) in [5, 5.41) is 0. The Balaban J connectivity index is 1.74. The van der Waals surface area contributed by atoms with Gasteiger partial charge in [-0.3, -0.25) is 9.59 Å². The normalized spacial score (nSPS) is 19.5. The van der Waals surface area contributed by atoms with Crippen LogP contribution >= 0.6 is 15.9 Å². The maximum Gasteiger partial charge on any atom is 0.230 e. The molecule has 2 amide bonds. The van der Waals surface area contributed by atoms with Crippen LogP contribution in [0.4, 0.5) is 5.69 Å². The van der Waals surface area contributed by atoms with Crippen LogP contribution in [0.5, 0.6) is 0 Å². The average Bonchev–Trinajstić information content (AvgIpc) is 2.68. The van der Waals surface area contributed by atoms with Crippen molar-refractivity contribution in [3.8, 4) is 0 Å². The number of piperidine rings is 1. The largest absolute Gasteiger partial charge is 0.342 e. The summed E-state index contributed by atoms with van der Waals surface area (Å²) in [6.07, 6.45) is 7.35. The van der Waals surface area contributed by atoms with Crippen molar-refractivity contribution in [3.05, 3.63) is 28.7 Å². The standard InChI is InChI=1S/C23H33BrN2O2/c1-23(2,3)22(28)25-14-12-17(13-15-25)21(27)26(19-9-5-4-6-10-19)20-11-7-8-18(24)16-20/h7-8,11,16-17,19H,4-6,9-10,12-15H2,1-3H3. The van der Waals surface area contributed by atoms with Gasteiger partial charge in [0.25, 0.3) is 0 Å². The number of hydrogen-bond donors (Lipinski definition) is 0. The van der Waals surface area contributed by atoms with E-state index in [1.807, 2.05) is 37.8 Å². The van der Waals surface area contributed by atoms with E-state index < -0.39 is 0 Å². The molecule has 0 aromatic heterocycles. The number of hydrogen-bond acceptors (Lipinski definition) is 2. The number of amides is 2. The van der Waals surface area contributed by atoms with Gasteiger partial charge in [0, 0.05) is 40.6 Å². The molecule has 4 nitrogen and oxygen atoms in total. The molecule has 1 aromatic carbocycles. The van der Waals surface area contributed by atoms with Gasteiger partial charge in [0.05, 0.1) is 0 Å². The second-order valence-corrected chi connectivity index (χ2v) is 10.2. The van der Waals surface area contributed by atoms with Crippen LogP contribution in [0.15, 0.2) is 28.7 Å². The van der Waals surface area contributed by atoms with Crippen molar-refractivity contribution in [2.45, 2.75) is 71.8 Å². The minimum Gasteiger partial charge on any atom is -0.342 e. The Labute approximate surface area is 177 Å². The minimum atomic E-state index is -0.360. The quantitative estimate of drug-likeness (QED) is 0.620. The fraction of sp³-hybridized carbons (Fsp3) is 0.652. The van der Waals surface area contributed by atoms with Crippen molar-refractivity contribution in [2.24, 2.45) is 11.3 Å². The number of carbonyl (C=O) groups excluding carboxylic acids is 2. The molecule has 1 aliphatic carbocycles. The molecule has 2 aliphatic rings. The average molecular weight is 449 g/mol. The summed E-state index contributed by atoms with van der Waals surface area (Å²) in [6, 6.07) is 8.42. The summed E-state index contributed by atoms with van der Waals surface area (Å²) in [5.74, 6) is 0.437. The van der Waals surface area contributed by atoms with Gasteiger partial charge in [0.15, 0.2) is 0 Å². The van der Waals surface area contributed by atoms with Gasteiger partial charge in [0.1, 0.15) is 0 Å². The zero-order valence-corrected chi connectivity index (χ0v) is 19.0. The predicted molar refractivity (Wildman–Crippen MR) is 117 cm³/mol. The molecule has 0 unspecified atom stereocenters. The third-order valence-corrected chi connectivity index (χ3v) is 6.53. The molecule has 1 aliphatic heterocycles. The van der Waals surface area contributed by atoms with Crippen molar-refractivity contribution in [2.75, 3.05) is 18.0 Å². The topological polar surface area (TPSA) is 40.6 Å². The van der Waals surface area contributed by atoms with E-state index in [0.717, 1.165) is 35.8 Å². The molecule has 0 spiro atoms. The second kappa shape index (κ2) is 8.98. The van der Waals surface area contributed by atoms with E-state index in [2.05, 4.69) is 33.0 Å². The maximum absolute atomic E-state index is 13.6. The maximum atomic E-state index is 13.6. The summed E-state index contributed by atoms with van der Waals surface area (Å²) >= 11 is 3.56. The summed E-state index contributed by atoms with van der Waals surface area (Å²) in [6.45, 7) is 7.26. The molecule has 5 heteroatoms. The lowest BCUT2D eigenvalue weighted by atomic mass is 9.88. The van der Waals surface area contributed by atoms with Crippen LogP contribution < -0.4 is 4.90 Å². The summed E-state index contributed by atoms with van der Waals surface area (Å²) < 4.78 is 1.00. The lowest BCUT2D eigenvalue weighted by Crippen LogP contribution is -2.50. The van der Waals surface area contributed by atoms with Gasteiger partial charge in [-0.05, 0) is 43.9 Å². The first kappa shape index (κ1) is 21.4. The molecule has 2 fully saturated rings. The Morgan fingerprint density at radius 2 is 1.68 bits per heavy atom. The molecule has 0 radical (unpaired) electrons. The molecule has 0 N–H and O–H groups in total. The Bertz CT molecular complexity index is 699. The molecular weight excluding hydrogens is 416 g/mol. The van der Waals surface area contributed by atoms with Crippen molar-refractivity contribution in [1.82, 2.24) is 4.90 Å². The Hall–Kier alpha value is -1.36. The number of halogens is 1.